The van der Waals surface area contributed by atoms with Crippen molar-refractivity contribution < 1.29 is 13.2 Å². The molecule has 0 bridgehead atoms. The summed E-state index contributed by atoms with van der Waals surface area (Å²) in [5.41, 5.74) is -0.123. The Labute approximate surface area is 130 Å². The maximum Gasteiger partial charge on any atom is 0.211 e. The molecule has 1 aliphatic carbocycles. The second-order valence-electron chi connectivity index (χ2n) is 6.81. The first kappa shape index (κ1) is 18.9. The van der Waals surface area contributed by atoms with Crippen LogP contribution in [0.2, 0.25) is 0 Å². The zero-order valence-electron chi connectivity index (χ0n) is 14.1. The summed E-state index contributed by atoms with van der Waals surface area (Å²) >= 11 is 0. The molecule has 126 valence electrons. The van der Waals surface area contributed by atoms with Crippen LogP contribution in [0.5, 0.6) is 0 Å². The van der Waals surface area contributed by atoms with Crippen LogP contribution in [0.25, 0.3) is 0 Å². The molecule has 0 aromatic heterocycles. The van der Waals surface area contributed by atoms with Gasteiger partial charge in [0.1, 0.15) is 0 Å². The second kappa shape index (κ2) is 7.90. The first-order valence-electron chi connectivity index (χ1n) is 8.04. The lowest BCUT2D eigenvalue weighted by molar-refractivity contribution is -0.108. The predicted octanol–water partition coefficient (Wildman–Crippen LogP) is 1.89. The molecule has 1 aliphatic rings. The van der Waals surface area contributed by atoms with Crippen molar-refractivity contribution in [3.05, 3.63) is 0 Å². The molecule has 1 fully saturated rings. The standard InChI is InChI=1S/C15H32N2O3S/c1-6-20-14-11-13(15(14,4)5)17-21(18,19)10-8-7-9-16-12(2)3/h12-14,16-17H,6-11H2,1-5H3. The summed E-state index contributed by atoms with van der Waals surface area (Å²) in [7, 11) is -3.19. The van der Waals surface area contributed by atoms with Crippen LogP contribution in [0.1, 0.15) is 53.9 Å². The van der Waals surface area contributed by atoms with Crippen LogP contribution in [-0.2, 0) is 14.8 Å². The Morgan fingerprint density at radius 1 is 1.29 bits per heavy atom. The molecule has 1 rings (SSSR count). The molecule has 2 atom stereocenters. The minimum atomic E-state index is -3.19. The molecule has 0 radical (unpaired) electrons. The van der Waals surface area contributed by atoms with Gasteiger partial charge in [-0.25, -0.2) is 13.1 Å². The highest BCUT2D eigenvalue weighted by Gasteiger charge is 2.50. The lowest BCUT2D eigenvalue weighted by atomic mass is 9.65. The monoisotopic (exact) mass is 320 g/mol. The molecule has 0 aliphatic heterocycles. The fourth-order valence-corrected chi connectivity index (χ4v) is 4.19. The van der Waals surface area contributed by atoms with Crippen molar-refractivity contribution in [2.24, 2.45) is 5.41 Å². The van der Waals surface area contributed by atoms with Gasteiger partial charge in [-0.3, -0.25) is 0 Å². The zero-order valence-corrected chi connectivity index (χ0v) is 14.9. The van der Waals surface area contributed by atoms with E-state index in [1.54, 1.807) is 0 Å². The third-order valence-electron chi connectivity index (χ3n) is 4.26. The van der Waals surface area contributed by atoms with E-state index in [4.69, 9.17) is 4.74 Å². The van der Waals surface area contributed by atoms with E-state index < -0.39 is 10.0 Å². The summed E-state index contributed by atoms with van der Waals surface area (Å²) in [5.74, 6) is 0.207. The zero-order chi connectivity index (χ0) is 16.1. The molecule has 21 heavy (non-hydrogen) atoms. The van der Waals surface area contributed by atoms with E-state index in [1.165, 1.54) is 0 Å². The number of sulfonamides is 1. The van der Waals surface area contributed by atoms with Crippen LogP contribution in [0.15, 0.2) is 0 Å². The minimum Gasteiger partial charge on any atom is -0.378 e. The topological polar surface area (TPSA) is 67.4 Å². The van der Waals surface area contributed by atoms with Crippen molar-refractivity contribution in [2.45, 2.75) is 72.1 Å². The lowest BCUT2D eigenvalue weighted by Gasteiger charge is -2.51. The highest BCUT2D eigenvalue weighted by Crippen LogP contribution is 2.43. The van der Waals surface area contributed by atoms with Crippen molar-refractivity contribution in [2.75, 3.05) is 18.9 Å². The summed E-state index contributed by atoms with van der Waals surface area (Å²) in [4.78, 5) is 0. The molecule has 0 saturated heterocycles. The number of hydrogen-bond donors (Lipinski definition) is 2. The maximum atomic E-state index is 12.1. The van der Waals surface area contributed by atoms with Gasteiger partial charge in [-0.05, 0) is 32.7 Å². The second-order valence-corrected chi connectivity index (χ2v) is 8.68. The molecule has 5 nitrogen and oxygen atoms in total. The molecule has 0 aromatic rings. The minimum absolute atomic E-state index is 0.00663. The molecule has 2 unspecified atom stereocenters. The smallest absolute Gasteiger partial charge is 0.211 e. The quantitative estimate of drug-likeness (QED) is 0.603. The number of ether oxygens (including phenoxy) is 1. The van der Waals surface area contributed by atoms with E-state index >= 15 is 0 Å². The van der Waals surface area contributed by atoms with Crippen LogP contribution in [-0.4, -0.2) is 45.5 Å². The molecular weight excluding hydrogens is 288 g/mol. The van der Waals surface area contributed by atoms with Crippen molar-refractivity contribution in [1.82, 2.24) is 10.0 Å². The van der Waals surface area contributed by atoms with Crippen molar-refractivity contribution in [3.8, 4) is 0 Å². The van der Waals surface area contributed by atoms with Gasteiger partial charge in [-0.1, -0.05) is 27.7 Å². The van der Waals surface area contributed by atoms with Crippen molar-refractivity contribution in [1.29, 1.82) is 0 Å². The molecule has 0 aromatic carbocycles. The SMILES string of the molecule is CCOC1CC(NS(=O)(=O)CCCCNC(C)C)C1(C)C. The molecule has 2 N–H and O–H groups in total. The summed E-state index contributed by atoms with van der Waals surface area (Å²) in [6.45, 7) is 11.8. The van der Waals surface area contributed by atoms with Crippen LogP contribution >= 0.6 is 0 Å². The highest BCUT2D eigenvalue weighted by atomic mass is 32.2. The third kappa shape index (κ3) is 5.85. The summed E-state index contributed by atoms with van der Waals surface area (Å²) in [5, 5.41) is 3.30. The molecular formula is C15H32N2O3S. The van der Waals surface area contributed by atoms with Gasteiger partial charge >= 0.3 is 0 Å². The molecule has 0 spiro atoms. The number of hydrogen-bond acceptors (Lipinski definition) is 4. The number of unbranched alkanes of at least 4 members (excludes halogenated alkanes) is 1. The van der Waals surface area contributed by atoms with Crippen LogP contribution in [0.4, 0.5) is 0 Å². The fourth-order valence-electron chi connectivity index (χ4n) is 2.65. The summed E-state index contributed by atoms with van der Waals surface area (Å²) in [6, 6.07) is 0.443. The van der Waals surface area contributed by atoms with E-state index in [0.717, 1.165) is 19.4 Å². The molecule has 1 saturated carbocycles. The van der Waals surface area contributed by atoms with Crippen LogP contribution in [0.3, 0.4) is 0 Å². The van der Waals surface area contributed by atoms with Gasteiger partial charge in [0.05, 0.1) is 11.9 Å². The van der Waals surface area contributed by atoms with E-state index in [1.807, 2.05) is 6.92 Å². The Bertz CT molecular complexity index is 407. The largest absolute Gasteiger partial charge is 0.378 e. The first-order chi connectivity index (χ1) is 9.69. The fraction of sp³-hybridized carbons (Fsp3) is 1.00. The van der Waals surface area contributed by atoms with E-state index in [0.29, 0.717) is 19.1 Å². The molecule has 0 amide bonds. The number of rotatable bonds is 10. The highest BCUT2D eigenvalue weighted by molar-refractivity contribution is 7.89. The first-order valence-corrected chi connectivity index (χ1v) is 9.69. The average Bonchev–Trinajstić information content (AvgIpc) is 2.36. The third-order valence-corrected chi connectivity index (χ3v) is 5.73. The maximum absolute atomic E-state index is 12.1. The van der Waals surface area contributed by atoms with E-state index in [2.05, 4.69) is 37.7 Å². The van der Waals surface area contributed by atoms with Gasteiger partial charge < -0.3 is 10.1 Å². The Morgan fingerprint density at radius 2 is 1.95 bits per heavy atom. The van der Waals surface area contributed by atoms with E-state index in [9.17, 15) is 8.42 Å². The van der Waals surface area contributed by atoms with E-state index in [-0.39, 0.29) is 23.3 Å². The predicted molar refractivity (Wildman–Crippen MR) is 86.9 cm³/mol. The van der Waals surface area contributed by atoms with Crippen LogP contribution in [0, 0.1) is 5.41 Å². The summed E-state index contributed by atoms with van der Waals surface area (Å²) < 4.78 is 32.7. The van der Waals surface area contributed by atoms with Crippen molar-refractivity contribution in [3.63, 3.8) is 0 Å². The van der Waals surface area contributed by atoms with Crippen molar-refractivity contribution >= 4 is 10.0 Å². The van der Waals surface area contributed by atoms with Crippen LogP contribution < -0.4 is 10.0 Å². The Hall–Kier alpha value is -0.170. The van der Waals surface area contributed by atoms with Gasteiger partial charge in [0.2, 0.25) is 10.0 Å². The lowest BCUT2D eigenvalue weighted by Crippen LogP contribution is -2.62. The normalized spacial score (nSPS) is 25.0. The van der Waals surface area contributed by atoms with Gasteiger partial charge in [0.15, 0.2) is 0 Å². The van der Waals surface area contributed by atoms with Gasteiger partial charge in [-0.2, -0.15) is 0 Å². The average molecular weight is 320 g/mol. The summed E-state index contributed by atoms with van der Waals surface area (Å²) in [6.07, 6.45) is 2.51. The van der Waals surface area contributed by atoms with Gasteiger partial charge in [-0.15, -0.1) is 0 Å². The Morgan fingerprint density at radius 3 is 2.48 bits per heavy atom. The number of nitrogens with one attached hydrogen (secondary N) is 2. The molecule has 0 heterocycles. The Kier molecular flexibility index (Phi) is 7.10. The Balaban J connectivity index is 2.30. The van der Waals surface area contributed by atoms with Gasteiger partial charge in [0.25, 0.3) is 0 Å². The molecule has 6 heteroatoms. The van der Waals surface area contributed by atoms with Gasteiger partial charge in [0, 0.05) is 24.1 Å².